The van der Waals surface area contributed by atoms with E-state index >= 15 is 0 Å². The second-order valence-electron chi connectivity index (χ2n) is 5.26. The third-order valence-electron chi connectivity index (χ3n) is 3.64. The van der Waals surface area contributed by atoms with Gasteiger partial charge in [0.2, 0.25) is 0 Å². The molecule has 2 heterocycles. The van der Waals surface area contributed by atoms with Crippen LogP contribution in [0.5, 0.6) is 0 Å². The van der Waals surface area contributed by atoms with Crippen molar-refractivity contribution in [3.8, 4) is 0 Å². The molecule has 0 fully saturated rings. The van der Waals surface area contributed by atoms with E-state index in [-0.39, 0.29) is 6.61 Å². The van der Waals surface area contributed by atoms with Crippen LogP contribution in [0.15, 0.2) is 34.9 Å². The molecule has 4 heteroatoms. The molecule has 2 rings (SSSR count). The van der Waals surface area contributed by atoms with Crippen molar-refractivity contribution in [2.24, 2.45) is 0 Å². The molecule has 2 aromatic heterocycles. The molecule has 0 aliphatic carbocycles. The number of furan rings is 1. The summed E-state index contributed by atoms with van der Waals surface area (Å²) in [4.78, 5) is 6.67. The predicted octanol–water partition coefficient (Wildman–Crippen LogP) is 2.54. The number of hydrogen-bond donors (Lipinski definition) is 1. The molecule has 20 heavy (non-hydrogen) atoms. The summed E-state index contributed by atoms with van der Waals surface area (Å²) in [5.41, 5.74) is 2.37. The molecule has 0 saturated heterocycles. The first-order valence-electron chi connectivity index (χ1n) is 6.89. The monoisotopic (exact) mass is 274 g/mol. The molecule has 2 aromatic rings. The minimum absolute atomic E-state index is 0.0492. The Hall–Kier alpha value is -1.65. The summed E-state index contributed by atoms with van der Waals surface area (Å²) in [7, 11) is 2.07. The van der Waals surface area contributed by atoms with E-state index in [0.29, 0.717) is 11.8 Å². The van der Waals surface area contributed by atoms with Gasteiger partial charge in [0.05, 0.1) is 6.54 Å². The van der Waals surface area contributed by atoms with Crippen molar-refractivity contribution in [3.63, 3.8) is 0 Å². The van der Waals surface area contributed by atoms with Gasteiger partial charge in [0.15, 0.2) is 0 Å². The van der Waals surface area contributed by atoms with Crippen LogP contribution in [0, 0.1) is 6.92 Å². The molecule has 0 aromatic carbocycles. The molecule has 0 aliphatic heterocycles. The third-order valence-corrected chi connectivity index (χ3v) is 3.64. The van der Waals surface area contributed by atoms with Crippen LogP contribution in [0.1, 0.15) is 29.7 Å². The maximum atomic E-state index is 9.00. The molecule has 4 nitrogen and oxygen atoms in total. The second kappa shape index (κ2) is 6.68. The van der Waals surface area contributed by atoms with Gasteiger partial charge in [-0.3, -0.25) is 9.88 Å². The highest BCUT2D eigenvalue weighted by molar-refractivity contribution is 5.18. The normalized spacial score (nSPS) is 12.8. The first kappa shape index (κ1) is 14.8. The van der Waals surface area contributed by atoms with Crippen molar-refractivity contribution in [2.75, 3.05) is 7.05 Å². The largest absolute Gasteiger partial charge is 0.462 e. The number of likely N-dealkylation sites (N-methyl/N-ethyl adjacent to an activating group) is 1. The fraction of sp³-hybridized carbons (Fsp3) is 0.438. The lowest BCUT2D eigenvalue weighted by molar-refractivity contribution is 0.210. The molecule has 1 atom stereocenters. The Morgan fingerprint density at radius 3 is 2.70 bits per heavy atom. The van der Waals surface area contributed by atoms with Crippen molar-refractivity contribution in [2.45, 2.75) is 39.5 Å². The standard InChI is InChI=1S/C16H22N2O2/c1-12-5-4-8-17-16(12)9-13(2)18(3)10-14-6-7-15(11-19)20-14/h4-8,13,19H,9-11H2,1-3H3/t13-/m0/s1. The van der Waals surface area contributed by atoms with Crippen molar-refractivity contribution in [3.05, 3.63) is 53.2 Å². The number of rotatable bonds is 6. The topological polar surface area (TPSA) is 49.5 Å². The number of aromatic nitrogens is 1. The van der Waals surface area contributed by atoms with Crippen molar-refractivity contribution < 1.29 is 9.52 Å². The van der Waals surface area contributed by atoms with Crippen LogP contribution in [0.25, 0.3) is 0 Å². The Bertz CT molecular complexity index is 551. The summed E-state index contributed by atoms with van der Waals surface area (Å²) in [6.07, 6.45) is 2.76. The summed E-state index contributed by atoms with van der Waals surface area (Å²) in [6, 6.07) is 8.16. The average molecular weight is 274 g/mol. The minimum Gasteiger partial charge on any atom is -0.462 e. The van der Waals surface area contributed by atoms with E-state index in [1.165, 1.54) is 5.56 Å². The van der Waals surface area contributed by atoms with Crippen LogP contribution < -0.4 is 0 Å². The van der Waals surface area contributed by atoms with E-state index < -0.39 is 0 Å². The van der Waals surface area contributed by atoms with Crippen LogP contribution in [0.3, 0.4) is 0 Å². The fourth-order valence-electron chi connectivity index (χ4n) is 2.16. The molecular weight excluding hydrogens is 252 g/mol. The number of hydrogen-bond acceptors (Lipinski definition) is 4. The first-order valence-corrected chi connectivity index (χ1v) is 6.89. The fourth-order valence-corrected chi connectivity index (χ4v) is 2.16. The summed E-state index contributed by atoms with van der Waals surface area (Å²) >= 11 is 0. The first-order chi connectivity index (χ1) is 9.60. The number of nitrogens with zero attached hydrogens (tertiary/aromatic N) is 2. The van der Waals surface area contributed by atoms with E-state index in [0.717, 1.165) is 24.4 Å². The Kier molecular flexibility index (Phi) is 4.93. The maximum absolute atomic E-state index is 9.00. The highest BCUT2D eigenvalue weighted by Gasteiger charge is 2.14. The molecular formula is C16H22N2O2. The molecule has 0 spiro atoms. The van der Waals surface area contributed by atoms with Gasteiger partial charge in [0.1, 0.15) is 18.1 Å². The van der Waals surface area contributed by atoms with Crippen LogP contribution >= 0.6 is 0 Å². The Morgan fingerprint density at radius 1 is 1.30 bits per heavy atom. The lowest BCUT2D eigenvalue weighted by Crippen LogP contribution is -2.30. The number of aliphatic hydroxyl groups is 1. The summed E-state index contributed by atoms with van der Waals surface area (Å²) in [5.74, 6) is 1.49. The lowest BCUT2D eigenvalue weighted by Gasteiger charge is -2.24. The molecule has 0 amide bonds. The van der Waals surface area contributed by atoms with Gasteiger partial charge in [-0.25, -0.2) is 0 Å². The van der Waals surface area contributed by atoms with E-state index in [1.807, 2.05) is 24.4 Å². The third kappa shape index (κ3) is 3.68. The number of aryl methyl sites for hydroxylation is 1. The van der Waals surface area contributed by atoms with E-state index in [2.05, 4.69) is 36.8 Å². The Morgan fingerprint density at radius 2 is 2.05 bits per heavy atom. The Balaban J connectivity index is 1.95. The van der Waals surface area contributed by atoms with Crippen LogP contribution in [-0.2, 0) is 19.6 Å². The maximum Gasteiger partial charge on any atom is 0.129 e. The van der Waals surface area contributed by atoms with Gasteiger partial charge in [-0.1, -0.05) is 6.07 Å². The molecule has 108 valence electrons. The minimum atomic E-state index is -0.0492. The van der Waals surface area contributed by atoms with Gasteiger partial charge in [0.25, 0.3) is 0 Å². The zero-order valence-electron chi connectivity index (χ0n) is 12.3. The molecule has 0 aliphatic rings. The summed E-state index contributed by atoms with van der Waals surface area (Å²) in [5, 5.41) is 9.00. The van der Waals surface area contributed by atoms with E-state index in [1.54, 1.807) is 0 Å². The van der Waals surface area contributed by atoms with Crippen molar-refractivity contribution in [1.82, 2.24) is 9.88 Å². The quantitative estimate of drug-likeness (QED) is 0.879. The zero-order chi connectivity index (χ0) is 14.5. The smallest absolute Gasteiger partial charge is 0.129 e. The summed E-state index contributed by atoms with van der Waals surface area (Å²) in [6.45, 7) is 4.96. The SMILES string of the molecule is Cc1cccnc1C[C@H](C)N(C)Cc1ccc(CO)o1. The zero-order valence-corrected chi connectivity index (χ0v) is 12.3. The van der Waals surface area contributed by atoms with Crippen LogP contribution in [0.2, 0.25) is 0 Å². The van der Waals surface area contributed by atoms with Gasteiger partial charge < -0.3 is 9.52 Å². The van der Waals surface area contributed by atoms with Crippen LogP contribution in [-0.4, -0.2) is 28.1 Å². The molecule has 0 bridgehead atoms. The number of pyridine rings is 1. The van der Waals surface area contributed by atoms with Gasteiger partial charge in [-0.15, -0.1) is 0 Å². The molecule has 0 radical (unpaired) electrons. The highest BCUT2D eigenvalue weighted by atomic mass is 16.4. The summed E-state index contributed by atoms with van der Waals surface area (Å²) < 4.78 is 5.52. The lowest BCUT2D eigenvalue weighted by atomic mass is 10.1. The van der Waals surface area contributed by atoms with Gasteiger partial charge >= 0.3 is 0 Å². The van der Waals surface area contributed by atoms with E-state index in [9.17, 15) is 0 Å². The predicted molar refractivity (Wildman–Crippen MR) is 78.2 cm³/mol. The number of aliphatic hydroxyl groups excluding tert-OH is 1. The van der Waals surface area contributed by atoms with Gasteiger partial charge in [-0.2, -0.15) is 0 Å². The highest BCUT2D eigenvalue weighted by Crippen LogP contribution is 2.14. The van der Waals surface area contributed by atoms with Crippen molar-refractivity contribution in [1.29, 1.82) is 0 Å². The van der Waals surface area contributed by atoms with Gasteiger partial charge in [0, 0.05) is 24.4 Å². The molecule has 0 unspecified atom stereocenters. The van der Waals surface area contributed by atoms with Crippen molar-refractivity contribution >= 4 is 0 Å². The van der Waals surface area contributed by atoms with Crippen LogP contribution in [0.4, 0.5) is 0 Å². The average Bonchev–Trinajstić information content (AvgIpc) is 2.89. The molecule has 1 N–H and O–H groups in total. The van der Waals surface area contributed by atoms with Gasteiger partial charge in [-0.05, 0) is 44.7 Å². The Labute approximate surface area is 120 Å². The second-order valence-corrected chi connectivity index (χ2v) is 5.26. The van der Waals surface area contributed by atoms with E-state index in [4.69, 9.17) is 9.52 Å². The molecule has 0 saturated carbocycles.